The molecule has 0 radical (unpaired) electrons. The van der Waals surface area contributed by atoms with Crippen molar-refractivity contribution < 1.29 is 26.7 Å². The van der Waals surface area contributed by atoms with Gasteiger partial charge in [0.1, 0.15) is 10.7 Å². The highest BCUT2D eigenvalue weighted by Gasteiger charge is 2.24. The monoisotopic (exact) mass is 320 g/mol. The van der Waals surface area contributed by atoms with Crippen LogP contribution in [0.3, 0.4) is 0 Å². The summed E-state index contributed by atoms with van der Waals surface area (Å²) in [6, 6.07) is 1.23. The van der Waals surface area contributed by atoms with E-state index in [-0.39, 0.29) is 25.0 Å². The highest BCUT2D eigenvalue weighted by Crippen LogP contribution is 2.27. The van der Waals surface area contributed by atoms with Crippen molar-refractivity contribution >= 4 is 15.9 Å². The summed E-state index contributed by atoms with van der Waals surface area (Å²) in [4.78, 5) is 10.6. The van der Waals surface area contributed by atoms with E-state index in [9.17, 15) is 22.0 Å². The zero-order chi connectivity index (χ0) is 15.6. The van der Waals surface area contributed by atoms with E-state index in [0.717, 1.165) is 12.8 Å². The Labute approximate surface area is 120 Å². The molecule has 0 spiro atoms. The van der Waals surface area contributed by atoms with Gasteiger partial charge in [-0.15, -0.1) is 0 Å². The van der Waals surface area contributed by atoms with Gasteiger partial charge in [-0.25, -0.2) is 22.3 Å². The number of primary sulfonamides is 1. The number of hydrogen-bond acceptors (Lipinski definition) is 4. The summed E-state index contributed by atoms with van der Waals surface area (Å²) in [5.41, 5.74) is 0. The molecule has 1 aliphatic carbocycles. The minimum absolute atomic E-state index is 0.0720. The van der Waals surface area contributed by atoms with Crippen molar-refractivity contribution in [3.63, 3.8) is 0 Å². The molecule has 0 saturated heterocycles. The van der Waals surface area contributed by atoms with Crippen LogP contribution in [-0.4, -0.2) is 27.0 Å². The predicted octanol–water partition coefficient (Wildman–Crippen LogP) is 0.660. The summed E-state index contributed by atoms with van der Waals surface area (Å²) < 4.78 is 54.2. The Morgan fingerprint density at radius 3 is 2.62 bits per heavy atom. The molecule has 1 amide bonds. The third kappa shape index (κ3) is 4.36. The fourth-order valence-corrected chi connectivity index (χ4v) is 2.35. The molecule has 9 heteroatoms. The number of halogens is 2. The summed E-state index contributed by atoms with van der Waals surface area (Å²) in [6.45, 7) is -0.246. The fourth-order valence-electron chi connectivity index (χ4n) is 1.66. The lowest BCUT2D eigenvalue weighted by Gasteiger charge is -2.11. The average molecular weight is 320 g/mol. The molecule has 6 nitrogen and oxygen atoms in total. The molecule has 0 atom stereocenters. The molecular weight excluding hydrogens is 306 g/mol. The van der Waals surface area contributed by atoms with E-state index >= 15 is 0 Å². The zero-order valence-electron chi connectivity index (χ0n) is 10.9. The molecule has 0 heterocycles. The van der Waals surface area contributed by atoms with Crippen molar-refractivity contribution in [1.82, 2.24) is 5.32 Å². The molecule has 0 aromatic heterocycles. The first-order chi connectivity index (χ1) is 9.77. The van der Waals surface area contributed by atoms with Gasteiger partial charge in [-0.3, -0.25) is 4.79 Å². The van der Waals surface area contributed by atoms with Crippen LogP contribution in [0.1, 0.15) is 19.3 Å². The van der Waals surface area contributed by atoms with Gasteiger partial charge in [0.2, 0.25) is 15.9 Å². The first kappa shape index (κ1) is 15.6. The number of nitrogens with one attached hydrogen (secondary N) is 1. The highest BCUT2D eigenvalue weighted by atomic mass is 32.2. The van der Waals surface area contributed by atoms with Crippen LogP contribution in [0.15, 0.2) is 17.0 Å². The Morgan fingerprint density at radius 2 is 2.05 bits per heavy atom. The molecule has 1 aromatic rings. The summed E-state index contributed by atoms with van der Waals surface area (Å²) >= 11 is 0. The van der Waals surface area contributed by atoms with Gasteiger partial charge in [0, 0.05) is 12.1 Å². The normalized spacial score (nSPS) is 14.8. The second kappa shape index (κ2) is 5.94. The zero-order valence-corrected chi connectivity index (χ0v) is 11.8. The minimum atomic E-state index is -4.34. The number of nitrogens with two attached hydrogens (primary N) is 1. The number of benzene rings is 1. The largest absolute Gasteiger partial charge is 0.489 e. The van der Waals surface area contributed by atoms with Crippen molar-refractivity contribution in [2.45, 2.75) is 30.2 Å². The maximum absolute atomic E-state index is 13.6. The van der Waals surface area contributed by atoms with Crippen LogP contribution in [0.25, 0.3) is 0 Å². The maximum Gasteiger partial charge on any atom is 0.241 e. The van der Waals surface area contributed by atoms with E-state index in [1.807, 2.05) is 0 Å². The van der Waals surface area contributed by atoms with Crippen LogP contribution in [0.5, 0.6) is 5.75 Å². The third-order valence-electron chi connectivity index (χ3n) is 2.80. The Balaban J connectivity index is 2.06. The molecule has 0 aliphatic heterocycles. The lowest BCUT2D eigenvalue weighted by atomic mass is 10.3. The lowest BCUT2D eigenvalue weighted by Crippen LogP contribution is -2.27. The number of amides is 1. The predicted molar refractivity (Wildman–Crippen MR) is 69.0 cm³/mol. The quantitative estimate of drug-likeness (QED) is 0.804. The van der Waals surface area contributed by atoms with Crippen LogP contribution in [0.4, 0.5) is 8.78 Å². The summed E-state index contributed by atoms with van der Waals surface area (Å²) in [5, 5.41) is 7.57. The van der Waals surface area contributed by atoms with E-state index in [4.69, 9.17) is 9.88 Å². The van der Waals surface area contributed by atoms with Crippen molar-refractivity contribution in [2.24, 2.45) is 5.14 Å². The SMILES string of the molecule is NS(=O)(=O)c1cc(F)cc(F)c1OCCC(=O)NC1CC1. The van der Waals surface area contributed by atoms with E-state index < -0.39 is 32.3 Å². The maximum atomic E-state index is 13.6. The smallest absolute Gasteiger partial charge is 0.241 e. The molecule has 1 aromatic carbocycles. The number of carbonyl (C=O) groups excluding carboxylic acids is 1. The van der Waals surface area contributed by atoms with E-state index in [0.29, 0.717) is 12.1 Å². The van der Waals surface area contributed by atoms with E-state index in [2.05, 4.69) is 5.32 Å². The molecule has 0 unspecified atom stereocenters. The lowest BCUT2D eigenvalue weighted by molar-refractivity contribution is -0.121. The van der Waals surface area contributed by atoms with Gasteiger partial charge in [-0.2, -0.15) is 0 Å². The van der Waals surface area contributed by atoms with Gasteiger partial charge in [0.15, 0.2) is 11.6 Å². The van der Waals surface area contributed by atoms with Crippen molar-refractivity contribution in [3.05, 3.63) is 23.8 Å². The standard InChI is InChI=1S/C12H14F2N2O4S/c13-7-5-9(14)12(10(6-7)21(15,18)19)20-4-3-11(17)16-8-1-2-8/h5-6,8H,1-4H2,(H,16,17)(H2,15,18,19). The van der Waals surface area contributed by atoms with Crippen LogP contribution in [0.2, 0.25) is 0 Å². The van der Waals surface area contributed by atoms with Crippen LogP contribution < -0.4 is 15.2 Å². The third-order valence-corrected chi connectivity index (χ3v) is 3.72. The molecule has 0 bridgehead atoms. The van der Waals surface area contributed by atoms with Crippen molar-refractivity contribution in [3.8, 4) is 5.75 Å². The Hall–Kier alpha value is -1.74. The Morgan fingerprint density at radius 1 is 1.38 bits per heavy atom. The van der Waals surface area contributed by atoms with Crippen LogP contribution >= 0.6 is 0 Å². The topological polar surface area (TPSA) is 98.5 Å². The number of sulfonamides is 1. The van der Waals surface area contributed by atoms with Gasteiger partial charge in [-0.05, 0) is 18.9 Å². The molecule has 116 valence electrons. The molecule has 1 fully saturated rings. The molecule has 21 heavy (non-hydrogen) atoms. The minimum Gasteiger partial charge on any atom is -0.489 e. The van der Waals surface area contributed by atoms with Gasteiger partial charge < -0.3 is 10.1 Å². The van der Waals surface area contributed by atoms with Crippen molar-refractivity contribution in [2.75, 3.05) is 6.61 Å². The number of ether oxygens (including phenoxy) is 1. The van der Waals surface area contributed by atoms with Crippen LogP contribution in [0, 0.1) is 11.6 Å². The highest BCUT2D eigenvalue weighted by molar-refractivity contribution is 7.89. The molecule has 3 N–H and O–H groups in total. The molecule has 2 rings (SSSR count). The van der Waals surface area contributed by atoms with Crippen molar-refractivity contribution in [1.29, 1.82) is 0 Å². The summed E-state index contributed by atoms with van der Waals surface area (Å²) in [6.07, 6.45) is 1.78. The molecule has 1 aliphatic rings. The average Bonchev–Trinajstić information content (AvgIpc) is 3.13. The van der Waals surface area contributed by atoms with Crippen LogP contribution in [-0.2, 0) is 14.8 Å². The van der Waals surface area contributed by atoms with Gasteiger partial charge in [0.25, 0.3) is 0 Å². The molecule has 1 saturated carbocycles. The van der Waals surface area contributed by atoms with E-state index in [1.54, 1.807) is 0 Å². The van der Waals surface area contributed by atoms with Gasteiger partial charge in [0.05, 0.1) is 13.0 Å². The number of hydrogen-bond donors (Lipinski definition) is 2. The summed E-state index contributed by atoms with van der Waals surface area (Å²) in [7, 11) is -4.34. The Kier molecular flexibility index (Phi) is 4.43. The first-order valence-corrected chi connectivity index (χ1v) is 7.76. The Bertz CT molecular complexity index is 659. The fraction of sp³-hybridized carbons (Fsp3) is 0.417. The van der Waals surface area contributed by atoms with Gasteiger partial charge >= 0.3 is 0 Å². The van der Waals surface area contributed by atoms with Gasteiger partial charge in [-0.1, -0.05) is 0 Å². The number of carbonyl (C=O) groups is 1. The second-order valence-corrected chi connectivity index (χ2v) is 6.23. The van der Waals surface area contributed by atoms with E-state index in [1.165, 1.54) is 0 Å². The molecular formula is C12H14F2N2O4S. The summed E-state index contributed by atoms with van der Waals surface area (Å²) in [5.74, 6) is -3.24. The first-order valence-electron chi connectivity index (χ1n) is 6.21. The second-order valence-electron chi connectivity index (χ2n) is 4.70. The number of rotatable bonds is 6.